The summed E-state index contributed by atoms with van der Waals surface area (Å²) < 4.78 is 6.35. The summed E-state index contributed by atoms with van der Waals surface area (Å²) in [5.41, 5.74) is 5.50. The van der Waals surface area contributed by atoms with Gasteiger partial charge in [-0.3, -0.25) is 24.0 Å². The van der Waals surface area contributed by atoms with Crippen LogP contribution < -0.4 is 21.9 Å². The quantitative estimate of drug-likeness (QED) is 0.393. The number of nitrogen functional groups attached to an aromatic ring is 1. The molecule has 0 atom stereocenters. The highest BCUT2D eigenvalue weighted by molar-refractivity contribution is 6.34. The number of nitrogens with two attached hydrogens (primary N) is 1. The number of carbonyl (C=O) groups is 1. The molecule has 34 heavy (non-hydrogen) atoms. The third-order valence-electron chi connectivity index (χ3n) is 5.34. The number of ether oxygens (including phenoxy) is 1. The number of fused-ring (bicyclic) bond motifs is 1. The zero-order valence-corrected chi connectivity index (χ0v) is 19.1. The minimum absolute atomic E-state index is 0.00171. The van der Waals surface area contributed by atoms with E-state index in [1.54, 1.807) is 18.2 Å². The Balaban J connectivity index is 1.83. The van der Waals surface area contributed by atoms with Crippen LogP contribution in [-0.2, 0) is 11.3 Å². The van der Waals surface area contributed by atoms with Crippen LogP contribution in [0.3, 0.4) is 0 Å². The Labute approximate surface area is 199 Å². The number of aromatic amines is 1. The first-order valence-corrected chi connectivity index (χ1v) is 10.8. The maximum atomic E-state index is 13.6. The molecular formula is C24H22ClN5O4. The van der Waals surface area contributed by atoms with Gasteiger partial charge >= 0.3 is 5.69 Å². The molecule has 0 spiro atoms. The van der Waals surface area contributed by atoms with E-state index in [1.807, 2.05) is 42.5 Å². The van der Waals surface area contributed by atoms with Crippen LogP contribution >= 0.6 is 11.6 Å². The molecule has 0 fully saturated rings. The van der Waals surface area contributed by atoms with Crippen molar-refractivity contribution >= 4 is 39.8 Å². The number of pyridine rings is 1. The number of H-pyrrole nitrogens is 1. The van der Waals surface area contributed by atoms with Gasteiger partial charge in [-0.2, -0.15) is 0 Å². The summed E-state index contributed by atoms with van der Waals surface area (Å²) in [7, 11) is 1.47. The molecule has 4 rings (SSSR count). The van der Waals surface area contributed by atoms with Crippen LogP contribution in [0.25, 0.3) is 10.8 Å². The Morgan fingerprint density at radius 1 is 1.15 bits per heavy atom. The Hall–Kier alpha value is -3.95. The lowest BCUT2D eigenvalue weighted by atomic mass is 10.1. The Bertz CT molecular complexity index is 1470. The van der Waals surface area contributed by atoms with Crippen LogP contribution in [0.15, 0.2) is 70.3 Å². The molecule has 1 amide bonds. The van der Waals surface area contributed by atoms with Gasteiger partial charge in [-0.25, -0.2) is 9.78 Å². The summed E-state index contributed by atoms with van der Waals surface area (Å²) >= 11 is 6.32. The van der Waals surface area contributed by atoms with E-state index < -0.39 is 17.2 Å². The topological polar surface area (TPSA) is 123 Å². The molecule has 0 bridgehead atoms. The highest BCUT2D eigenvalue weighted by Gasteiger charge is 2.26. The molecule has 0 aliphatic rings. The molecule has 0 unspecified atom stereocenters. The van der Waals surface area contributed by atoms with Crippen LogP contribution in [0.2, 0.25) is 5.15 Å². The summed E-state index contributed by atoms with van der Waals surface area (Å²) in [6.07, 6.45) is 0. The largest absolute Gasteiger partial charge is 0.383 e. The number of aromatic nitrogens is 3. The highest BCUT2D eigenvalue weighted by atomic mass is 35.5. The average Bonchev–Trinajstić information content (AvgIpc) is 2.84. The molecule has 3 N–H and O–H groups in total. The molecular weight excluding hydrogens is 458 g/mol. The fraction of sp³-hybridized carbons (Fsp3) is 0.167. The summed E-state index contributed by atoms with van der Waals surface area (Å²) in [5, 5.41) is 1.57. The lowest BCUT2D eigenvalue weighted by molar-refractivity contribution is 0.0971. The Kier molecular flexibility index (Phi) is 6.76. The van der Waals surface area contributed by atoms with Crippen molar-refractivity contribution in [2.45, 2.75) is 6.54 Å². The third-order valence-corrected chi connectivity index (χ3v) is 5.63. The zero-order chi connectivity index (χ0) is 24.2. The fourth-order valence-electron chi connectivity index (χ4n) is 3.66. The number of benzene rings is 2. The second kappa shape index (κ2) is 9.90. The number of methoxy groups -OCH3 is 1. The Morgan fingerprint density at radius 2 is 1.85 bits per heavy atom. The van der Waals surface area contributed by atoms with Crippen molar-refractivity contribution in [1.82, 2.24) is 14.5 Å². The number of hydrogen-bond acceptors (Lipinski definition) is 6. The minimum atomic E-state index is -0.789. The van der Waals surface area contributed by atoms with E-state index in [2.05, 4.69) is 9.97 Å². The van der Waals surface area contributed by atoms with Gasteiger partial charge in [0.25, 0.3) is 11.5 Å². The van der Waals surface area contributed by atoms with Crippen molar-refractivity contribution in [3.05, 3.63) is 97.9 Å². The van der Waals surface area contributed by atoms with E-state index in [4.69, 9.17) is 22.1 Å². The normalized spacial score (nSPS) is 11.0. The highest BCUT2D eigenvalue weighted by Crippen LogP contribution is 2.25. The van der Waals surface area contributed by atoms with Crippen LogP contribution in [0.5, 0.6) is 0 Å². The molecule has 2 heterocycles. The summed E-state index contributed by atoms with van der Waals surface area (Å²) in [4.78, 5) is 46.6. The molecule has 10 heteroatoms. The van der Waals surface area contributed by atoms with Crippen molar-refractivity contribution in [3.63, 3.8) is 0 Å². The van der Waals surface area contributed by atoms with Crippen LogP contribution in [0, 0.1) is 0 Å². The first-order valence-electron chi connectivity index (χ1n) is 10.4. The lowest BCUT2D eigenvalue weighted by Gasteiger charge is -2.24. The molecule has 2 aromatic heterocycles. The lowest BCUT2D eigenvalue weighted by Crippen LogP contribution is -2.43. The van der Waals surface area contributed by atoms with E-state index in [1.165, 1.54) is 11.7 Å². The number of nitrogens with one attached hydrogen (secondary N) is 1. The number of hydrogen-bond donors (Lipinski definition) is 2. The molecule has 0 aliphatic heterocycles. The second-order valence-electron chi connectivity index (χ2n) is 7.53. The van der Waals surface area contributed by atoms with E-state index in [0.717, 1.165) is 10.5 Å². The number of halogens is 1. The van der Waals surface area contributed by atoms with Gasteiger partial charge in [-0.05, 0) is 17.0 Å². The number of amides is 1. The Morgan fingerprint density at radius 3 is 2.59 bits per heavy atom. The van der Waals surface area contributed by atoms with Crippen LogP contribution in [0.4, 0.5) is 11.5 Å². The predicted octanol–water partition coefficient (Wildman–Crippen LogP) is 2.66. The number of rotatable bonds is 7. The van der Waals surface area contributed by atoms with Gasteiger partial charge in [0.1, 0.15) is 16.7 Å². The summed E-state index contributed by atoms with van der Waals surface area (Å²) in [5.74, 6) is -0.749. The standard InChI is InChI=1S/C24H22ClN5O4/c1-34-12-11-29(23(32)18-13-16-9-5-6-10-17(16)20(25)27-18)19-21(26)30(24(33)28-22(19)31)14-15-7-3-2-4-8-15/h2-10,13H,11-12,14,26H2,1H3,(H,28,31,33). The fourth-order valence-corrected chi connectivity index (χ4v) is 3.93. The molecule has 0 saturated carbocycles. The molecule has 9 nitrogen and oxygen atoms in total. The monoisotopic (exact) mass is 479 g/mol. The van der Waals surface area contributed by atoms with Crippen LogP contribution in [0.1, 0.15) is 16.1 Å². The van der Waals surface area contributed by atoms with Gasteiger partial charge in [0, 0.05) is 19.0 Å². The maximum Gasteiger partial charge on any atom is 0.330 e. The van der Waals surface area contributed by atoms with Crippen molar-refractivity contribution in [2.75, 3.05) is 30.9 Å². The number of anilines is 2. The van der Waals surface area contributed by atoms with Crippen molar-refractivity contribution in [3.8, 4) is 0 Å². The van der Waals surface area contributed by atoms with E-state index in [0.29, 0.717) is 10.8 Å². The van der Waals surface area contributed by atoms with E-state index in [-0.39, 0.29) is 42.0 Å². The summed E-state index contributed by atoms with van der Waals surface area (Å²) in [6, 6.07) is 18.0. The second-order valence-corrected chi connectivity index (χ2v) is 7.89. The molecule has 0 saturated heterocycles. The van der Waals surface area contributed by atoms with Gasteiger partial charge in [0.15, 0.2) is 5.69 Å². The van der Waals surface area contributed by atoms with E-state index >= 15 is 0 Å². The minimum Gasteiger partial charge on any atom is -0.383 e. The van der Waals surface area contributed by atoms with Crippen LogP contribution in [-0.4, -0.2) is 40.7 Å². The van der Waals surface area contributed by atoms with Crippen molar-refractivity contribution in [1.29, 1.82) is 0 Å². The molecule has 4 aromatic rings. The van der Waals surface area contributed by atoms with Gasteiger partial charge < -0.3 is 10.5 Å². The zero-order valence-electron chi connectivity index (χ0n) is 18.3. The first kappa shape index (κ1) is 23.2. The number of carbonyl (C=O) groups excluding carboxylic acids is 1. The molecule has 0 radical (unpaired) electrons. The van der Waals surface area contributed by atoms with Gasteiger partial charge in [-0.15, -0.1) is 0 Å². The van der Waals surface area contributed by atoms with Gasteiger partial charge in [0.2, 0.25) is 0 Å². The van der Waals surface area contributed by atoms with E-state index in [9.17, 15) is 14.4 Å². The SMILES string of the molecule is COCCN(C(=O)c1cc2ccccc2c(Cl)n1)c1c(N)n(Cc2ccccc2)c(=O)[nH]c1=O. The molecule has 174 valence electrons. The smallest absolute Gasteiger partial charge is 0.330 e. The van der Waals surface area contributed by atoms with Crippen molar-refractivity contribution < 1.29 is 9.53 Å². The summed E-state index contributed by atoms with van der Waals surface area (Å²) in [6.45, 7) is 0.226. The van der Waals surface area contributed by atoms with Crippen molar-refractivity contribution in [2.24, 2.45) is 0 Å². The maximum absolute atomic E-state index is 13.6. The first-order chi connectivity index (χ1) is 16.4. The van der Waals surface area contributed by atoms with Gasteiger partial charge in [0.05, 0.1) is 13.2 Å². The van der Waals surface area contributed by atoms with Gasteiger partial charge in [-0.1, -0.05) is 66.2 Å². The predicted molar refractivity (Wildman–Crippen MR) is 132 cm³/mol. The number of nitrogens with zero attached hydrogens (tertiary/aromatic N) is 3. The third kappa shape index (κ3) is 4.57. The molecule has 0 aliphatic carbocycles. The molecule has 2 aromatic carbocycles. The average molecular weight is 480 g/mol.